The minimum Gasteiger partial charge on any atom is -0.335 e. The lowest BCUT2D eigenvalue weighted by atomic mass is 9.86. The number of rotatable bonds is 3. The monoisotopic (exact) mass is 353 g/mol. The Kier molecular flexibility index (Phi) is 5.23. The zero-order valence-electron chi connectivity index (χ0n) is 16.0. The first-order valence-corrected chi connectivity index (χ1v) is 9.02. The Balaban J connectivity index is 1.79. The summed E-state index contributed by atoms with van der Waals surface area (Å²) in [5.74, 6) is 0.411. The van der Waals surface area contributed by atoms with Crippen LogP contribution in [0.5, 0.6) is 0 Å². The average Bonchev–Trinajstić information content (AvgIpc) is 2.61. The topological polar surface area (TPSA) is 61.4 Å². The number of nitrogens with one attached hydrogen (secondary N) is 1. The highest BCUT2D eigenvalue weighted by Crippen LogP contribution is 2.30. The van der Waals surface area contributed by atoms with Crippen LogP contribution in [0, 0.1) is 0 Å². The van der Waals surface area contributed by atoms with E-state index in [-0.39, 0.29) is 11.3 Å². The fraction of sp³-hybridized carbons (Fsp3) is 0.450. The molecular formula is C20H27N5O. The SMILES string of the molecule is CN1CCN(C(=O)c2ccnc(Nc3ccccc3C(C)(C)C)n2)CC1. The Bertz CT molecular complexity index is 776. The summed E-state index contributed by atoms with van der Waals surface area (Å²) >= 11 is 0. The van der Waals surface area contributed by atoms with Crippen molar-refractivity contribution in [3.63, 3.8) is 0 Å². The predicted octanol–water partition coefficient (Wildman–Crippen LogP) is 2.91. The molecule has 1 fully saturated rings. The average molecular weight is 353 g/mol. The first-order valence-electron chi connectivity index (χ1n) is 9.02. The highest BCUT2D eigenvalue weighted by Gasteiger charge is 2.22. The number of carbonyl (C=O) groups excluding carboxylic acids is 1. The second kappa shape index (κ2) is 7.41. The lowest BCUT2D eigenvalue weighted by Crippen LogP contribution is -2.47. The summed E-state index contributed by atoms with van der Waals surface area (Å²) in [6.45, 7) is 9.75. The van der Waals surface area contributed by atoms with Crippen LogP contribution in [0.2, 0.25) is 0 Å². The van der Waals surface area contributed by atoms with E-state index in [1.54, 1.807) is 12.3 Å². The predicted molar refractivity (Wildman–Crippen MR) is 104 cm³/mol. The minimum absolute atomic E-state index is 0.00312. The van der Waals surface area contributed by atoms with E-state index in [0.29, 0.717) is 11.6 Å². The van der Waals surface area contributed by atoms with Crippen LogP contribution in [-0.4, -0.2) is 58.9 Å². The number of carbonyl (C=O) groups is 1. The number of para-hydroxylation sites is 1. The Morgan fingerprint density at radius 2 is 1.77 bits per heavy atom. The summed E-state index contributed by atoms with van der Waals surface area (Å²) in [5.41, 5.74) is 2.57. The van der Waals surface area contributed by atoms with Crippen LogP contribution in [0.1, 0.15) is 36.8 Å². The largest absolute Gasteiger partial charge is 0.335 e. The lowest BCUT2D eigenvalue weighted by Gasteiger charge is -2.32. The zero-order chi connectivity index (χ0) is 18.7. The summed E-state index contributed by atoms with van der Waals surface area (Å²) in [4.78, 5) is 25.6. The van der Waals surface area contributed by atoms with Gasteiger partial charge in [0.15, 0.2) is 0 Å². The van der Waals surface area contributed by atoms with E-state index in [0.717, 1.165) is 31.9 Å². The van der Waals surface area contributed by atoms with E-state index in [2.05, 4.69) is 54.1 Å². The molecule has 0 unspecified atom stereocenters. The molecule has 1 saturated heterocycles. The Morgan fingerprint density at radius 3 is 2.46 bits per heavy atom. The van der Waals surface area contributed by atoms with Crippen LogP contribution >= 0.6 is 0 Å². The molecule has 1 amide bonds. The second-order valence-corrected chi connectivity index (χ2v) is 7.78. The summed E-state index contributed by atoms with van der Waals surface area (Å²) in [5, 5.41) is 3.28. The van der Waals surface area contributed by atoms with Gasteiger partial charge in [-0.05, 0) is 30.2 Å². The second-order valence-electron chi connectivity index (χ2n) is 7.78. The number of hydrogen-bond acceptors (Lipinski definition) is 5. The summed E-state index contributed by atoms with van der Waals surface area (Å²) in [6.07, 6.45) is 1.64. The molecule has 1 N–H and O–H groups in total. The summed E-state index contributed by atoms with van der Waals surface area (Å²) in [6, 6.07) is 9.80. The molecule has 1 aliphatic heterocycles. The fourth-order valence-electron chi connectivity index (χ4n) is 3.08. The van der Waals surface area contributed by atoms with Gasteiger partial charge in [-0.3, -0.25) is 4.79 Å². The molecule has 1 aromatic carbocycles. The van der Waals surface area contributed by atoms with E-state index in [1.165, 1.54) is 5.56 Å². The third kappa shape index (κ3) is 4.19. The standard InChI is InChI=1S/C20H27N5O/c1-20(2,3)15-7-5-6-8-16(15)22-19-21-10-9-17(23-19)18(26)25-13-11-24(4)12-14-25/h5-10H,11-14H2,1-4H3,(H,21,22,23). The van der Waals surface area contributed by atoms with Gasteiger partial charge in [0.05, 0.1) is 0 Å². The maximum absolute atomic E-state index is 12.7. The summed E-state index contributed by atoms with van der Waals surface area (Å²) in [7, 11) is 2.07. The first-order chi connectivity index (χ1) is 12.3. The van der Waals surface area contributed by atoms with Gasteiger partial charge in [-0.1, -0.05) is 39.0 Å². The van der Waals surface area contributed by atoms with E-state index >= 15 is 0 Å². The van der Waals surface area contributed by atoms with Crippen LogP contribution in [0.4, 0.5) is 11.6 Å². The maximum atomic E-state index is 12.7. The molecule has 6 nitrogen and oxygen atoms in total. The Hall–Kier alpha value is -2.47. The van der Waals surface area contributed by atoms with Gasteiger partial charge in [-0.15, -0.1) is 0 Å². The number of anilines is 2. The number of hydrogen-bond donors (Lipinski definition) is 1. The van der Waals surface area contributed by atoms with E-state index in [1.807, 2.05) is 23.1 Å². The number of amides is 1. The van der Waals surface area contributed by atoms with Gasteiger partial charge >= 0.3 is 0 Å². The van der Waals surface area contributed by atoms with Crippen LogP contribution in [-0.2, 0) is 5.41 Å². The molecule has 3 rings (SSSR count). The number of aromatic nitrogens is 2. The smallest absolute Gasteiger partial charge is 0.272 e. The molecule has 0 atom stereocenters. The van der Waals surface area contributed by atoms with Crippen molar-refractivity contribution in [1.29, 1.82) is 0 Å². The van der Waals surface area contributed by atoms with Gasteiger partial charge in [0.2, 0.25) is 5.95 Å². The molecule has 0 spiro atoms. The molecule has 0 radical (unpaired) electrons. The fourth-order valence-corrected chi connectivity index (χ4v) is 3.08. The van der Waals surface area contributed by atoms with Gasteiger partial charge in [0.25, 0.3) is 5.91 Å². The molecule has 2 heterocycles. The molecule has 1 aliphatic rings. The third-order valence-electron chi connectivity index (χ3n) is 4.65. The maximum Gasteiger partial charge on any atom is 0.272 e. The first kappa shape index (κ1) is 18.3. The number of piperazine rings is 1. The molecule has 138 valence electrons. The van der Waals surface area contributed by atoms with Gasteiger partial charge in [-0.2, -0.15) is 0 Å². The Morgan fingerprint density at radius 1 is 1.08 bits per heavy atom. The van der Waals surface area contributed by atoms with Crippen molar-refractivity contribution in [3.8, 4) is 0 Å². The van der Waals surface area contributed by atoms with Crippen molar-refractivity contribution < 1.29 is 4.79 Å². The van der Waals surface area contributed by atoms with Gasteiger partial charge < -0.3 is 15.1 Å². The zero-order valence-corrected chi connectivity index (χ0v) is 16.0. The molecular weight excluding hydrogens is 326 g/mol. The van der Waals surface area contributed by atoms with Crippen LogP contribution in [0.25, 0.3) is 0 Å². The van der Waals surface area contributed by atoms with Gasteiger partial charge in [-0.25, -0.2) is 9.97 Å². The number of nitrogens with zero attached hydrogens (tertiary/aromatic N) is 4. The number of benzene rings is 1. The molecule has 0 bridgehead atoms. The normalized spacial score (nSPS) is 15.8. The van der Waals surface area contributed by atoms with Crippen molar-refractivity contribution in [1.82, 2.24) is 19.8 Å². The van der Waals surface area contributed by atoms with E-state index < -0.39 is 0 Å². The van der Waals surface area contributed by atoms with Crippen molar-refractivity contribution in [3.05, 3.63) is 47.8 Å². The third-order valence-corrected chi connectivity index (χ3v) is 4.65. The minimum atomic E-state index is -0.0346. The number of likely N-dealkylation sites (N-methyl/N-ethyl adjacent to an activating group) is 1. The molecule has 26 heavy (non-hydrogen) atoms. The Labute approximate surface area is 155 Å². The van der Waals surface area contributed by atoms with Crippen LogP contribution in [0.3, 0.4) is 0 Å². The molecule has 2 aromatic rings. The molecule has 0 saturated carbocycles. The molecule has 1 aromatic heterocycles. The van der Waals surface area contributed by atoms with E-state index in [9.17, 15) is 4.79 Å². The highest BCUT2D eigenvalue weighted by molar-refractivity contribution is 5.92. The van der Waals surface area contributed by atoms with E-state index in [4.69, 9.17) is 0 Å². The lowest BCUT2D eigenvalue weighted by molar-refractivity contribution is 0.0658. The van der Waals surface area contributed by atoms with Crippen molar-refractivity contribution in [2.24, 2.45) is 0 Å². The van der Waals surface area contributed by atoms with Crippen LogP contribution < -0.4 is 5.32 Å². The quantitative estimate of drug-likeness (QED) is 0.919. The highest BCUT2D eigenvalue weighted by atomic mass is 16.2. The summed E-state index contributed by atoms with van der Waals surface area (Å²) < 4.78 is 0. The van der Waals surface area contributed by atoms with Crippen molar-refractivity contribution in [2.45, 2.75) is 26.2 Å². The van der Waals surface area contributed by atoms with Crippen LogP contribution in [0.15, 0.2) is 36.5 Å². The molecule has 6 heteroatoms. The van der Waals surface area contributed by atoms with Gasteiger partial charge in [0, 0.05) is 38.1 Å². The van der Waals surface area contributed by atoms with Gasteiger partial charge in [0.1, 0.15) is 5.69 Å². The van der Waals surface area contributed by atoms with Crippen molar-refractivity contribution in [2.75, 3.05) is 38.5 Å². The van der Waals surface area contributed by atoms with Crippen molar-refractivity contribution >= 4 is 17.5 Å². The molecule has 0 aliphatic carbocycles.